The Bertz CT molecular complexity index is 691. The van der Waals surface area contributed by atoms with Gasteiger partial charge >= 0.3 is 0 Å². The standard InChI is InChI=1S/C21H30O6/c1-6-9-20-12-18(26-5)15(22)11-21(20,23)27-19(13(20)2)14-7-8-16(24-3)17(10-14)25-4/h6-8,10,13,15,18-19,22-23H,1,9,11-12H2,2-5H3/t13-,15-,18-,19-,20-,21+/m0/s1. The Morgan fingerprint density at radius 3 is 2.52 bits per heavy atom. The number of ether oxygens (including phenoxy) is 4. The van der Waals surface area contributed by atoms with Crippen molar-refractivity contribution in [2.75, 3.05) is 21.3 Å². The van der Waals surface area contributed by atoms with Gasteiger partial charge in [0.05, 0.1) is 32.5 Å². The molecule has 6 heteroatoms. The van der Waals surface area contributed by atoms with E-state index in [2.05, 4.69) is 13.5 Å². The van der Waals surface area contributed by atoms with Gasteiger partial charge in [0.25, 0.3) is 0 Å². The molecule has 0 unspecified atom stereocenters. The lowest BCUT2D eigenvalue weighted by Crippen LogP contribution is -2.58. The molecule has 0 aromatic heterocycles. The predicted molar refractivity (Wildman–Crippen MR) is 101 cm³/mol. The average Bonchev–Trinajstić information content (AvgIpc) is 2.88. The second-order valence-corrected chi connectivity index (χ2v) is 7.62. The Balaban J connectivity index is 2.02. The van der Waals surface area contributed by atoms with Crippen molar-refractivity contribution in [2.24, 2.45) is 11.3 Å². The topological polar surface area (TPSA) is 77.4 Å². The van der Waals surface area contributed by atoms with Crippen LogP contribution < -0.4 is 9.47 Å². The van der Waals surface area contributed by atoms with Crippen molar-refractivity contribution in [1.82, 2.24) is 0 Å². The summed E-state index contributed by atoms with van der Waals surface area (Å²) in [5, 5.41) is 21.9. The lowest BCUT2D eigenvalue weighted by atomic mass is 9.59. The molecule has 2 aliphatic rings. The molecular weight excluding hydrogens is 348 g/mol. The number of methoxy groups -OCH3 is 3. The van der Waals surface area contributed by atoms with E-state index in [4.69, 9.17) is 18.9 Å². The highest BCUT2D eigenvalue weighted by atomic mass is 16.6. The average molecular weight is 378 g/mol. The number of aliphatic hydroxyl groups is 2. The number of hydrogen-bond donors (Lipinski definition) is 2. The molecule has 0 bridgehead atoms. The quantitative estimate of drug-likeness (QED) is 0.742. The van der Waals surface area contributed by atoms with Gasteiger partial charge in [0, 0.05) is 18.9 Å². The molecule has 1 saturated heterocycles. The minimum absolute atomic E-state index is 0.0243. The van der Waals surface area contributed by atoms with Gasteiger partial charge < -0.3 is 29.2 Å². The molecule has 0 radical (unpaired) electrons. The first kappa shape index (κ1) is 20.1. The first-order valence-electron chi connectivity index (χ1n) is 9.29. The maximum Gasteiger partial charge on any atom is 0.175 e. The number of rotatable bonds is 6. The molecule has 6 atom stereocenters. The Kier molecular flexibility index (Phi) is 5.54. The van der Waals surface area contributed by atoms with Crippen molar-refractivity contribution < 1.29 is 29.2 Å². The largest absolute Gasteiger partial charge is 0.493 e. The molecule has 1 saturated carbocycles. The van der Waals surface area contributed by atoms with Crippen LogP contribution in [-0.2, 0) is 9.47 Å². The van der Waals surface area contributed by atoms with Crippen LogP contribution in [0.25, 0.3) is 0 Å². The van der Waals surface area contributed by atoms with Gasteiger partial charge in [-0.15, -0.1) is 6.58 Å². The SMILES string of the molecule is C=CC[C@@]12C[C@H](OC)[C@@H](O)C[C@@]1(O)O[C@H](c1ccc(OC)c(OC)c1)[C@@H]2C. The molecular formula is C21H30O6. The number of benzene rings is 1. The Morgan fingerprint density at radius 1 is 1.22 bits per heavy atom. The smallest absolute Gasteiger partial charge is 0.175 e. The van der Waals surface area contributed by atoms with Gasteiger partial charge in [-0.1, -0.05) is 19.1 Å². The van der Waals surface area contributed by atoms with E-state index < -0.39 is 17.3 Å². The third-order valence-electron chi connectivity index (χ3n) is 6.45. The highest BCUT2D eigenvalue weighted by Gasteiger charge is 2.66. The fourth-order valence-electron chi connectivity index (χ4n) is 4.89. The lowest BCUT2D eigenvalue weighted by Gasteiger charge is -2.50. The van der Waals surface area contributed by atoms with Crippen LogP contribution in [0.1, 0.15) is 37.9 Å². The van der Waals surface area contributed by atoms with E-state index in [0.29, 0.717) is 24.3 Å². The Morgan fingerprint density at radius 2 is 1.93 bits per heavy atom. The summed E-state index contributed by atoms with van der Waals surface area (Å²) in [6.45, 7) is 5.96. The van der Waals surface area contributed by atoms with Crippen molar-refractivity contribution in [2.45, 2.75) is 50.3 Å². The fourth-order valence-corrected chi connectivity index (χ4v) is 4.89. The zero-order valence-corrected chi connectivity index (χ0v) is 16.5. The van der Waals surface area contributed by atoms with E-state index in [9.17, 15) is 10.2 Å². The van der Waals surface area contributed by atoms with Gasteiger partial charge in [0.2, 0.25) is 0 Å². The molecule has 1 aromatic rings. The summed E-state index contributed by atoms with van der Waals surface area (Å²) >= 11 is 0. The van der Waals surface area contributed by atoms with E-state index in [-0.39, 0.29) is 24.5 Å². The second-order valence-electron chi connectivity index (χ2n) is 7.62. The second kappa shape index (κ2) is 7.43. The number of allylic oxidation sites excluding steroid dienone is 1. The predicted octanol–water partition coefficient (Wildman–Crippen LogP) is 2.83. The monoisotopic (exact) mass is 378 g/mol. The van der Waals surface area contributed by atoms with Crippen molar-refractivity contribution in [3.63, 3.8) is 0 Å². The number of aliphatic hydroxyl groups excluding tert-OH is 1. The molecule has 150 valence electrons. The minimum atomic E-state index is -1.45. The van der Waals surface area contributed by atoms with Crippen LogP contribution in [0.3, 0.4) is 0 Å². The van der Waals surface area contributed by atoms with Crippen LogP contribution in [0.2, 0.25) is 0 Å². The molecule has 27 heavy (non-hydrogen) atoms. The molecule has 1 aliphatic heterocycles. The summed E-state index contributed by atoms with van der Waals surface area (Å²) in [6.07, 6.45) is 1.51. The summed E-state index contributed by atoms with van der Waals surface area (Å²) in [6, 6.07) is 5.64. The normalized spacial score (nSPS) is 38.3. The van der Waals surface area contributed by atoms with Crippen molar-refractivity contribution in [1.29, 1.82) is 0 Å². The molecule has 0 spiro atoms. The van der Waals surface area contributed by atoms with Crippen LogP contribution >= 0.6 is 0 Å². The summed E-state index contributed by atoms with van der Waals surface area (Å²) < 4.78 is 22.5. The zero-order valence-electron chi connectivity index (χ0n) is 16.5. The molecule has 1 aliphatic carbocycles. The lowest BCUT2D eigenvalue weighted by molar-refractivity contribution is -0.287. The van der Waals surface area contributed by atoms with Crippen LogP contribution in [0.5, 0.6) is 11.5 Å². The van der Waals surface area contributed by atoms with E-state index in [1.54, 1.807) is 21.3 Å². The molecule has 2 N–H and O–H groups in total. The van der Waals surface area contributed by atoms with E-state index >= 15 is 0 Å². The highest BCUT2D eigenvalue weighted by Crippen LogP contribution is 2.63. The first-order chi connectivity index (χ1) is 12.9. The van der Waals surface area contributed by atoms with Crippen LogP contribution in [-0.4, -0.2) is 49.5 Å². The van der Waals surface area contributed by atoms with Gasteiger partial charge in [-0.05, 0) is 36.5 Å². The molecule has 1 heterocycles. The third kappa shape index (κ3) is 3.05. The Hall–Kier alpha value is -1.60. The molecule has 6 nitrogen and oxygen atoms in total. The van der Waals surface area contributed by atoms with Gasteiger partial charge in [-0.3, -0.25) is 0 Å². The summed E-state index contributed by atoms with van der Waals surface area (Å²) in [4.78, 5) is 0. The van der Waals surface area contributed by atoms with E-state index in [0.717, 1.165) is 5.56 Å². The first-order valence-corrected chi connectivity index (χ1v) is 9.29. The van der Waals surface area contributed by atoms with Gasteiger partial charge in [0.1, 0.15) is 0 Å². The van der Waals surface area contributed by atoms with Crippen LogP contribution in [0.4, 0.5) is 0 Å². The molecule has 2 fully saturated rings. The van der Waals surface area contributed by atoms with Crippen molar-refractivity contribution in [3.05, 3.63) is 36.4 Å². The maximum absolute atomic E-state index is 11.5. The number of fused-ring (bicyclic) bond motifs is 1. The van der Waals surface area contributed by atoms with Gasteiger partial charge in [-0.2, -0.15) is 0 Å². The Labute approximate surface area is 160 Å². The van der Waals surface area contributed by atoms with Crippen molar-refractivity contribution >= 4 is 0 Å². The highest BCUT2D eigenvalue weighted by molar-refractivity contribution is 5.44. The van der Waals surface area contributed by atoms with Crippen molar-refractivity contribution in [3.8, 4) is 11.5 Å². The van der Waals surface area contributed by atoms with Gasteiger partial charge in [0.15, 0.2) is 17.3 Å². The summed E-state index contributed by atoms with van der Waals surface area (Å²) in [5.74, 6) is -0.227. The molecule has 3 rings (SSSR count). The molecule has 0 amide bonds. The van der Waals surface area contributed by atoms with E-state index in [1.807, 2.05) is 24.3 Å². The van der Waals surface area contributed by atoms with E-state index in [1.165, 1.54) is 0 Å². The fraction of sp³-hybridized carbons (Fsp3) is 0.619. The molecule has 1 aromatic carbocycles. The number of hydrogen-bond acceptors (Lipinski definition) is 6. The van der Waals surface area contributed by atoms with Gasteiger partial charge in [-0.25, -0.2) is 0 Å². The zero-order chi connectivity index (χ0) is 19.8. The summed E-state index contributed by atoms with van der Waals surface area (Å²) in [7, 11) is 4.77. The van der Waals surface area contributed by atoms with Crippen LogP contribution in [0.15, 0.2) is 30.9 Å². The van der Waals surface area contributed by atoms with Crippen LogP contribution in [0, 0.1) is 11.3 Å². The summed E-state index contributed by atoms with van der Waals surface area (Å²) in [5.41, 5.74) is 0.307. The maximum atomic E-state index is 11.5. The third-order valence-corrected chi connectivity index (χ3v) is 6.45. The minimum Gasteiger partial charge on any atom is -0.493 e.